The Labute approximate surface area is 97.9 Å². The second kappa shape index (κ2) is 4.86. The number of nitrogens with one attached hydrogen (secondary N) is 1. The van der Waals surface area contributed by atoms with Gasteiger partial charge in [-0.1, -0.05) is 0 Å². The number of benzene rings is 1. The molecule has 2 rings (SSSR count). The third-order valence-electron chi connectivity index (χ3n) is 2.45. The lowest BCUT2D eigenvalue weighted by Crippen LogP contribution is -2.19. The zero-order valence-electron chi connectivity index (χ0n) is 8.63. The van der Waals surface area contributed by atoms with Gasteiger partial charge in [-0.25, -0.2) is 0 Å². The first-order valence-corrected chi connectivity index (χ1v) is 5.80. The highest BCUT2D eigenvalue weighted by Gasteiger charge is 2.17. The fourth-order valence-corrected chi connectivity index (χ4v) is 2.06. The van der Waals surface area contributed by atoms with Crippen LogP contribution in [0.2, 0.25) is 0 Å². The molecule has 1 atom stereocenters. The zero-order valence-corrected chi connectivity index (χ0v) is 10.2. The Bertz CT molecular complexity index is 337. The number of hydrogen-bond acceptors (Lipinski definition) is 3. The Morgan fingerprint density at radius 1 is 1.47 bits per heavy atom. The first-order chi connectivity index (χ1) is 7.29. The molecule has 1 aliphatic rings. The van der Waals surface area contributed by atoms with Gasteiger partial charge < -0.3 is 14.8 Å². The molecule has 0 amide bonds. The van der Waals surface area contributed by atoms with Gasteiger partial charge in [0.1, 0.15) is 17.6 Å². The predicted molar refractivity (Wildman–Crippen MR) is 62.6 cm³/mol. The molecule has 1 aliphatic heterocycles. The maximum absolute atomic E-state index is 5.84. The Hall–Kier alpha value is -0.740. The summed E-state index contributed by atoms with van der Waals surface area (Å²) in [6, 6.07) is 5.75. The van der Waals surface area contributed by atoms with E-state index in [0.29, 0.717) is 0 Å². The van der Waals surface area contributed by atoms with Crippen molar-refractivity contribution in [3.63, 3.8) is 0 Å². The van der Waals surface area contributed by atoms with E-state index in [0.717, 1.165) is 35.5 Å². The second-order valence-corrected chi connectivity index (χ2v) is 4.38. The molecule has 1 N–H and O–H groups in total. The van der Waals surface area contributed by atoms with Gasteiger partial charge in [0.15, 0.2) is 0 Å². The fraction of sp³-hybridized carbons (Fsp3) is 0.455. The van der Waals surface area contributed by atoms with E-state index in [2.05, 4.69) is 21.2 Å². The van der Waals surface area contributed by atoms with Crippen molar-refractivity contribution in [3.8, 4) is 11.5 Å². The highest BCUT2D eigenvalue weighted by Crippen LogP contribution is 2.30. The number of halogens is 1. The fourth-order valence-electron chi connectivity index (χ4n) is 1.61. The first-order valence-electron chi connectivity index (χ1n) is 5.00. The minimum Gasteiger partial charge on any atom is -0.497 e. The van der Waals surface area contributed by atoms with Gasteiger partial charge in [0.25, 0.3) is 0 Å². The summed E-state index contributed by atoms with van der Waals surface area (Å²) in [5.74, 6) is 1.71. The van der Waals surface area contributed by atoms with E-state index in [1.54, 1.807) is 7.11 Å². The van der Waals surface area contributed by atoms with Gasteiger partial charge in [0, 0.05) is 6.54 Å². The smallest absolute Gasteiger partial charge is 0.134 e. The van der Waals surface area contributed by atoms with Crippen LogP contribution in [0.4, 0.5) is 0 Å². The van der Waals surface area contributed by atoms with Crippen molar-refractivity contribution in [2.24, 2.45) is 0 Å². The summed E-state index contributed by atoms with van der Waals surface area (Å²) in [4.78, 5) is 0. The molecule has 15 heavy (non-hydrogen) atoms. The van der Waals surface area contributed by atoms with Crippen LogP contribution in [0.3, 0.4) is 0 Å². The Kier molecular flexibility index (Phi) is 3.49. The molecule has 0 radical (unpaired) electrons. The quantitative estimate of drug-likeness (QED) is 0.915. The molecule has 0 unspecified atom stereocenters. The summed E-state index contributed by atoms with van der Waals surface area (Å²) < 4.78 is 11.9. The standard InChI is InChI=1S/C11H14BrNO2/c1-14-8-2-3-11(10(12)6-8)15-9-4-5-13-7-9/h2-3,6,9,13H,4-5,7H2,1H3/t9-/m0/s1. The Morgan fingerprint density at radius 3 is 2.93 bits per heavy atom. The second-order valence-electron chi connectivity index (χ2n) is 3.53. The number of hydrogen-bond donors (Lipinski definition) is 1. The molecule has 3 nitrogen and oxygen atoms in total. The molecule has 1 saturated heterocycles. The maximum atomic E-state index is 5.84. The van der Waals surface area contributed by atoms with Gasteiger partial charge in [-0.05, 0) is 47.1 Å². The summed E-state index contributed by atoms with van der Waals surface area (Å²) in [5.41, 5.74) is 0. The average Bonchev–Trinajstić information content (AvgIpc) is 2.74. The highest BCUT2D eigenvalue weighted by atomic mass is 79.9. The predicted octanol–water partition coefficient (Wildman–Crippen LogP) is 2.20. The van der Waals surface area contributed by atoms with Gasteiger partial charge in [-0.15, -0.1) is 0 Å². The first kappa shape index (κ1) is 10.8. The van der Waals surface area contributed by atoms with Crippen molar-refractivity contribution in [2.45, 2.75) is 12.5 Å². The summed E-state index contributed by atoms with van der Waals surface area (Å²) in [7, 11) is 1.66. The van der Waals surface area contributed by atoms with Crippen LogP contribution in [0.15, 0.2) is 22.7 Å². The minimum atomic E-state index is 0.287. The van der Waals surface area contributed by atoms with Gasteiger partial charge in [-0.3, -0.25) is 0 Å². The van der Waals surface area contributed by atoms with Gasteiger partial charge in [0.2, 0.25) is 0 Å². The molecule has 4 heteroatoms. The van der Waals surface area contributed by atoms with Crippen molar-refractivity contribution in [2.75, 3.05) is 20.2 Å². The highest BCUT2D eigenvalue weighted by molar-refractivity contribution is 9.10. The molecule has 0 spiro atoms. The zero-order chi connectivity index (χ0) is 10.7. The van der Waals surface area contributed by atoms with Crippen molar-refractivity contribution >= 4 is 15.9 Å². The molecule has 0 bridgehead atoms. The number of methoxy groups -OCH3 is 1. The van der Waals surface area contributed by atoms with Crippen LogP contribution in [0.25, 0.3) is 0 Å². The van der Waals surface area contributed by atoms with Crippen molar-refractivity contribution in [1.29, 1.82) is 0 Å². The van der Waals surface area contributed by atoms with E-state index >= 15 is 0 Å². The summed E-state index contributed by atoms with van der Waals surface area (Å²) in [6.07, 6.45) is 1.35. The van der Waals surface area contributed by atoms with Crippen molar-refractivity contribution in [1.82, 2.24) is 5.32 Å². The van der Waals surface area contributed by atoms with Gasteiger partial charge in [-0.2, -0.15) is 0 Å². The van der Waals surface area contributed by atoms with Crippen molar-refractivity contribution < 1.29 is 9.47 Å². The summed E-state index contributed by atoms with van der Waals surface area (Å²) in [6.45, 7) is 1.97. The van der Waals surface area contributed by atoms with Crippen LogP contribution in [0, 0.1) is 0 Å². The Balaban J connectivity index is 2.07. The lowest BCUT2D eigenvalue weighted by molar-refractivity contribution is 0.221. The molecular formula is C11H14BrNO2. The molecular weight excluding hydrogens is 258 g/mol. The van der Waals surface area contributed by atoms with E-state index in [1.165, 1.54) is 0 Å². The average molecular weight is 272 g/mol. The van der Waals surface area contributed by atoms with E-state index in [1.807, 2.05) is 18.2 Å². The third-order valence-corrected chi connectivity index (χ3v) is 3.07. The number of ether oxygens (including phenoxy) is 2. The molecule has 0 aliphatic carbocycles. The summed E-state index contributed by atoms with van der Waals surface area (Å²) in [5, 5.41) is 3.27. The molecule has 82 valence electrons. The SMILES string of the molecule is COc1ccc(O[C@H]2CCNC2)c(Br)c1. The molecule has 1 heterocycles. The molecule has 0 saturated carbocycles. The monoisotopic (exact) mass is 271 g/mol. The molecule has 0 aromatic heterocycles. The normalized spacial score (nSPS) is 20.3. The lowest BCUT2D eigenvalue weighted by Gasteiger charge is -2.14. The van der Waals surface area contributed by atoms with E-state index in [9.17, 15) is 0 Å². The van der Waals surface area contributed by atoms with E-state index < -0.39 is 0 Å². The van der Waals surface area contributed by atoms with Crippen LogP contribution >= 0.6 is 15.9 Å². The van der Waals surface area contributed by atoms with Gasteiger partial charge >= 0.3 is 0 Å². The molecule has 1 aromatic carbocycles. The third kappa shape index (κ3) is 2.63. The van der Waals surface area contributed by atoms with E-state index in [-0.39, 0.29) is 6.10 Å². The van der Waals surface area contributed by atoms with Crippen molar-refractivity contribution in [3.05, 3.63) is 22.7 Å². The van der Waals surface area contributed by atoms with E-state index in [4.69, 9.17) is 9.47 Å². The topological polar surface area (TPSA) is 30.5 Å². The maximum Gasteiger partial charge on any atom is 0.134 e. The minimum absolute atomic E-state index is 0.287. The van der Waals surface area contributed by atoms with Crippen LogP contribution in [-0.4, -0.2) is 26.3 Å². The Morgan fingerprint density at radius 2 is 2.33 bits per heavy atom. The van der Waals surface area contributed by atoms with Crippen LogP contribution in [0.5, 0.6) is 11.5 Å². The summed E-state index contributed by atoms with van der Waals surface area (Å²) >= 11 is 3.47. The van der Waals surface area contributed by atoms with Crippen LogP contribution in [-0.2, 0) is 0 Å². The van der Waals surface area contributed by atoms with Crippen LogP contribution in [0.1, 0.15) is 6.42 Å². The van der Waals surface area contributed by atoms with Gasteiger partial charge in [0.05, 0.1) is 11.6 Å². The van der Waals surface area contributed by atoms with Crippen LogP contribution < -0.4 is 14.8 Å². The largest absolute Gasteiger partial charge is 0.497 e. The number of rotatable bonds is 3. The molecule has 1 fully saturated rings. The molecule has 1 aromatic rings. The lowest BCUT2D eigenvalue weighted by atomic mass is 10.3.